The van der Waals surface area contributed by atoms with Crippen molar-refractivity contribution in [3.63, 3.8) is 0 Å². The number of hydrogen-bond donors (Lipinski definition) is 0. The molecule has 0 bridgehead atoms. The molecule has 10 heteroatoms. The summed E-state index contributed by atoms with van der Waals surface area (Å²) in [5.74, 6) is 1.56. The zero-order chi connectivity index (χ0) is 22.8. The Morgan fingerprint density at radius 1 is 1.00 bits per heavy atom. The van der Waals surface area contributed by atoms with Crippen LogP contribution in [-0.2, 0) is 11.3 Å². The average molecular weight is 444 g/mol. The largest absolute Gasteiger partial charge is 0.353 e. The van der Waals surface area contributed by atoms with Gasteiger partial charge in [-0.3, -0.25) is 14.2 Å². The Hall–Kier alpha value is -4.08. The number of benzene rings is 1. The fourth-order valence-electron chi connectivity index (χ4n) is 4.00. The van der Waals surface area contributed by atoms with E-state index in [2.05, 4.69) is 25.0 Å². The van der Waals surface area contributed by atoms with E-state index in [1.165, 1.54) is 17.2 Å². The van der Waals surface area contributed by atoms with Gasteiger partial charge in [0.1, 0.15) is 12.1 Å². The summed E-state index contributed by atoms with van der Waals surface area (Å²) in [4.78, 5) is 42.4. The number of carbonyl (C=O) groups excluding carboxylic acids is 1. The minimum Gasteiger partial charge on any atom is -0.353 e. The van der Waals surface area contributed by atoms with Gasteiger partial charge in [-0.05, 0) is 25.1 Å². The molecule has 1 aromatic carbocycles. The molecule has 33 heavy (non-hydrogen) atoms. The van der Waals surface area contributed by atoms with E-state index in [9.17, 15) is 9.59 Å². The van der Waals surface area contributed by atoms with E-state index in [1.54, 1.807) is 10.7 Å². The van der Waals surface area contributed by atoms with Crippen molar-refractivity contribution >= 4 is 22.6 Å². The quantitative estimate of drug-likeness (QED) is 0.459. The van der Waals surface area contributed by atoms with Crippen LogP contribution in [0, 0.1) is 6.92 Å². The molecule has 0 atom stereocenters. The van der Waals surface area contributed by atoms with Crippen LogP contribution in [-0.4, -0.2) is 66.3 Å². The molecule has 168 valence electrons. The Morgan fingerprint density at radius 2 is 1.79 bits per heavy atom. The van der Waals surface area contributed by atoms with Gasteiger partial charge in [0.2, 0.25) is 5.91 Å². The lowest BCUT2D eigenvalue weighted by Gasteiger charge is -2.35. The second kappa shape index (κ2) is 8.81. The summed E-state index contributed by atoms with van der Waals surface area (Å²) >= 11 is 0. The summed E-state index contributed by atoms with van der Waals surface area (Å²) in [7, 11) is 0. The van der Waals surface area contributed by atoms with Crippen molar-refractivity contribution in [2.75, 3.05) is 31.1 Å². The average Bonchev–Trinajstić information content (AvgIpc) is 3.30. The number of nitrogens with zero attached hydrogens (tertiary/aromatic N) is 8. The number of aryl methyl sites for hydroxylation is 2. The van der Waals surface area contributed by atoms with Crippen molar-refractivity contribution in [2.24, 2.45) is 0 Å². The van der Waals surface area contributed by atoms with Gasteiger partial charge in [-0.1, -0.05) is 12.1 Å². The molecule has 1 fully saturated rings. The lowest BCUT2D eigenvalue weighted by atomic mass is 10.2. The first-order chi connectivity index (χ1) is 16.1. The number of piperazine rings is 1. The molecular formula is C23H24N8O2. The highest BCUT2D eigenvalue weighted by Crippen LogP contribution is 2.16. The molecule has 0 radical (unpaired) electrons. The monoisotopic (exact) mass is 444 g/mol. The summed E-state index contributed by atoms with van der Waals surface area (Å²) in [5.41, 5.74) is 1.46. The summed E-state index contributed by atoms with van der Waals surface area (Å²) in [6, 6.07) is 11.1. The van der Waals surface area contributed by atoms with Gasteiger partial charge in [-0.15, -0.1) is 0 Å². The van der Waals surface area contributed by atoms with Gasteiger partial charge in [0.25, 0.3) is 5.56 Å². The molecule has 0 N–H and O–H groups in total. The van der Waals surface area contributed by atoms with Crippen molar-refractivity contribution in [1.29, 1.82) is 0 Å². The minimum atomic E-state index is -0.120. The number of carbonyl (C=O) groups is 1. The second-order valence-electron chi connectivity index (χ2n) is 8.01. The van der Waals surface area contributed by atoms with Gasteiger partial charge in [0.15, 0.2) is 5.82 Å². The van der Waals surface area contributed by atoms with E-state index in [-0.39, 0.29) is 17.9 Å². The molecule has 4 aromatic rings. The van der Waals surface area contributed by atoms with Crippen LogP contribution in [0.5, 0.6) is 0 Å². The highest BCUT2D eigenvalue weighted by atomic mass is 16.2. The predicted molar refractivity (Wildman–Crippen MR) is 123 cm³/mol. The Balaban J connectivity index is 1.19. The molecule has 0 saturated carbocycles. The normalized spacial score (nSPS) is 14.1. The molecule has 1 aliphatic rings. The second-order valence-corrected chi connectivity index (χ2v) is 8.01. The Kier molecular flexibility index (Phi) is 5.55. The Labute approximate surface area is 190 Å². The number of para-hydroxylation sites is 1. The molecule has 3 aromatic heterocycles. The van der Waals surface area contributed by atoms with Crippen molar-refractivity contribution < 1.29 is 4.79 Å². The first kappa shape index (κ1) is 20.8. The van der Waals surface area contributed by atoms with E-state index in [0.717, 1.165) is 11.5 Å². The van der Waals surface area contributed by atoms with E-state index in [1.807, 2.05) is 48.4 Å². The third kappa shape index (κ3) is 4.32. The van der Waals surface area contributed by atoms with E-state index in [4.69, 9.17) is 0 Å². The lowest BCUT2D eigenvalue weighted by molar-refractivity contribution is -0.131. The fraction of sp³-hybridized carbons (Fsp3) is 0.304. The SMILES string of the molecule is Cc1ccn(-c2cc(N3CCN(C(=O)CCn4cnc5ccccc5c4=O)CC3)ncn2)n1. The summed E-state index contributed by atoms with van der Waals surface area (Å²) < 4.78 is 3.24. The molecule has 1 aliphatic heterocycles. The number of amides is 1. The van der Waals surface area contributed by atoms with Gasteiger partial charge in [0, 0.05) is 51.4 Å². The van der Waals surface area contributed by atoms with Crippen LogP contribution in [0.2, 0.25) is 0 Å². The third-order valence-electron chi connectivity index (χ3n) is 5.85. The van der Waals surface area contributed by atoms with Crippen LogP contribution < -0.4 is 10.5 Å². The summed E-state index contributed by atoms with van der Waals surface area (Å²) in [6.07, 6.45) is 5.18. The summed E-state index contributed by atoms with van der Waals surface area (Å²) in [6.45, 7) is 4.81. The van der Waals surface area contributed by atoms with E-state index in [0.29, 0.717) is 49.4 Å². The number of aromatic nitrogens is 6. The van der Waals surface area contributed by atoms with Crippen LogP contribution in [0.3, 0.4) is 0 Å². The van der Waals surface area contributed by atoms with Gasteiger partial charge in [0.05, 0.1) is 22.9 Å². The Bertz CT molecular complexity index is 1350. The highest BCUT2D eigenvalue weighted by molar-refractivity contribution is 5.77. The standard InChI is InChI=1S/C23H24N8O2/c1-17-6-9-31(27-17)21-14-20(24-15-25-21)28-10-12-29(13-11-28)22(32)7-8-30-16-26-19-5-3-2-4-18(19)23(30)33/h2-6,9,14-16H,7-8,10-13H2,1H3. The zero-order valence-corrected chi connectivity index (χ0v) is 18.3. The molecule has 1 saturated heterocycles. The van der Waals surface area contributed by atoms with Crippen LogP contribution in [0.1, 0.15) is 12.1 Å². The summed E-state index contributed by atoms with van der Waals surface area (Å²) in [5, 5.41) is 4.96. The van der Waals surface area contributed by atoms with Crippen molar-refractivity contribution in [2.45, 2.75) is 19.9 Å². The first-order valence-electron chi connectivity index (χ1n) is 10.9. The molecular weight excluding hydrogens is 420 g/mol. The molecule has 5 rings (SSSR count). The zero-order valence-electron chi connectivity index (χ0n) is 18.3. The van der Waals surface area contributed by atoms with Crippen LogP contribution in [0.15, 0.2) is 60.0 Å². The van der Waals surface area contributed by atoms with Gasteiger partial charge < -0.3 is 9.80 Å². The number of hydrogen-bond acceptors (Lipinski definition) is 7. The van der Waals surface area contributed by atoms with Crippen molar-refractivity contribution in [3.05, 3.63) is 71.3 Å². The van der Waals surface area contributed by atoms with Crippen LogP contribution >= 0.6 is 0 Å². The molecule has 0 aliphatic carbocycles. The topological polar surface area (TPSA) is 102 Å². The highest BCUT2D eigenvalue weighted by Gasteiger charge is 2.22. The predicted octanol–water partition coefficient (Wildman–Crippen LogP) is 1.42. The molecule has 1 amide bonds. The number of anilines is 1. The fourth-order valence-corrected chi connectivity index (χ4v) is 4.00. The maximum Gasteiger partial charge on any atom is 0.261 e. The van der Waals surface area contributed by atoms with Gasteiger partial charge in [-0.2, -0.15) is 5.10 Å². The van der Waals surface area contributed by atoms with Gasteiger partial charge >= 0.3 is 0 Å². The van der Waals surface area contributed by atoms with Crippen LogP contribution in [0.4, 0.5) is 5.82 Å². The molecule has 0 unspecified atom stereocenters. The Morgan fingerprint density at radius 3 is 2.58 bits per heavy atom. The van der Waals surface area contributed by atoms with E-state index >= 15 is 0 Å². The molecule has 10 nitrogen and oxygen atoms in total. The number of fused-ring (bicyclic) bond motifs is 1. The van der Waals surface area contributed by atoms with Crippen LogP contribution in [0.25, 0.3) is 16.7 Å². The van der Waals surface area contributed by atoms with Gasteiger partial charge in [-0.25, -0.2) is 19.6 Å². The molecule has 0 spiro atoms. The minimum absolute atomic E-state index is 0.0325. The third-order valence-corrected chi connectivity index (χ3v) is 5.85. The van der Waals surface area contributed by atoms with Crippen molar-refractivity contribution in [1.82, 2.24) is 34.2 Å². The van der Waals surface area contributed by atoms with E-state index < -0.39 is 0 Å². The maximum absolute atomic E-state index is 12.8. The maximum atomic E-state index is 12.8. The molecule has 4 heterocycles. The van der Waals surface area contributed by atoms with Crippen molar-refractivity contribution in [3.8, 4) is 5.82 Å². The smallest absolute Gasteiger partial charge is 0.261 e. The number of rotatable bonds is 5. The lowest BCUT2D eigenvalue weighted by Crippen LogP contribution is -2.49. The first-order valence-corrected chi connectivity index (χ1v) is 10.9.